The van der Waals surface area contributed by atoms with Gasteiger partial charge in [-0.05, 0) is 37.6 Å². The standard InChI is InChI=1S/C14H21Cl2N3/c1-3-19-6-4-5-12(19)10-18(2)14-13(16)7-11(8-15)9-17-14/h7,9,12H,3-6,8,10H2,1-2H3. The highest BCUT2D eigenvalue weighted by molar-refractivity contribution is 6.33. The van der Waals surface area contributed by atoms with Crippen molar-refractivity contribution in [1.29, 1.82) is 0 Å². The van der Waals surface area contributed by atoms with E-state index >= 15 is 0 Å². The molecule has 5 heteroatoms. The van der Waals surface area contributed by atoms with E-state index < -0.39 is 0 Å². The van der Waals surface area contributed by atoms with E-state index in [1.165, 1.54) is 19.4 Å². The number of aromatic nitrogens is 1. The number of nitrogens with zero attached hydrogens (tertiary/aromatic N) is 3. The highest BCUT2D eigenvalue weighted by atomic mass is 35.5. The van der Waals surface area contributed by atoms with E-state index in [1.807, 2.05) is 6.07 Å². The van der Waals surface area contributed by atoms with Crippen molar-refractivity contribution >= 4 is 29.0 Å². The van der Waals surface area contributed by atoms with Crippen LogP contribution in [0.25, 0.3) is 0 Å². The number of alkyl halides is 1. The third-order valence-electron chi connectivity index (χ3n) is 3.78. The van der Waals surface area contributed by atoms with Crippen LogP contribution in [0, 0.1) is 0 Å². The van der Waals surface area contributed by atoms with Crippen molar-refractivity contribution in [3.05, 3.63) is 22.8 Å². The number of likely N-dealkylation sites (tertiary alicyclic amines) is 1. The largest absolute Gasteiger partial charge is 0.357 e. The van der Waals surface area contributed by atoms with Crippen LogP contribution in [0.5, 0.6) is 0 Å². The maximum absolute atomic E-state index is 6.28. The maximum atomic E-state index is 6.28. The first kappa shape index (κ1) is 14.9. The summed E-state index contributed by atoms with van der Waals surface area (Å²) in [6.07, 6.45) is 4.35. The molecule has 3 nitrogen and oxygen atoms in total. The first-order chi connectivity index (χ1) is 9.15. The van der Waals surface area contributed by atoms with Crippen LogP contribution in [0.3, 0.4) is 0 Å². The summed E-state index contributed by atoms with van der Waals surface area (Å²) in [5.41, 5.74) is 0.958. The quantitative estimate of drug-likeness (QED) is 0.777. The Bertz CT molecular complexity index is 425. The molecule has 0 aliphatic carbocycles. The molecule has 1 aromatic heterocycles. The van der Waals surface area contributed by atoms with E-state index in [0.717, 1.165) is 24.5 Å². The smallest absolute Gasteiger partial charge is 0.147 e. The summed E-state index contributed by atoms with van der Waals surface area (Å²) in [5.74, 6) is 1.29. The Kier molecular flexibility index (Phi) is 5.31. The molecule has 0 N–H and O–H groups in total. The van der Waals surface area contributed by atoms with E-state index in [4.69, 9.17) is 23.2 Å². The molecule has 0 bridgehead atoms. The van der Waals surface area contributed by atoms with E-state index in [-0.39, 0.29) is 0 Å². The van der Waals surface area contributed by atoms with Crippen LogP contribution in [0.15, 0.2) is 12.3 Å². The molecule has 1 unspecified atom stereocenters. The van der Waals surface area contributed by atoms with Crippen LogP contribution in [-0.2, 0) is 5.88 Å². The minimum absolute atomic E-state index is 0.447. The molecular weight excluding hydrogens is 281 g/mol. The van der Waals surface area contributed by atoms with Gasteiger partial charge in [0, 0.05) is 31.7 Å². The lowest BCUT2D eigenvalue weighted by Gasteiger charge is -2.28. The van der Waals surface area contributed by atoms with E-state index in [0.29, 0.717) is 16.9 Å². The minimum Gasteiger partial charge on any atom is -0.357 e. The zero-order chi connectivity index (χ0) is 13.8. The summed E-state index contributed by atoms with van der Waals surface area (Å²) in [6.45, 7) is 5.52. The van der Waals surface area contributed by atoms with Crippen LogP contribution in [0.2, 0.25) is 5.02 Å². The van der Waals surface area contributed by atoms with Gasteiger partial charge in [-0.1, -0.05) is 18.5 Å². The Morgan fingerprint density at radius 2 is 2.32 bits per heavy atom. The molecule has 0 amide bonds. The highest BCUT2D eigenvalue weighted by Gasteiger charge is 2.24. The van der Waals surface area contributed by atoms with Gasteiger partial charge in [0.05, 0.1) is 5.02 Å². The molecule has 106 valence electrons. The van der Waals surface area contributed by atoms with Gasteiger partial charge in [0.25, 0.3) is 0 Å². The molecule has 0 radical (unpaired) electrons. The topological polar surface area (TPSA) is 19.4 Å². The molecule has 0 saturated carbocycles. The summed E-state index contributed by atoms with van der Waals surface area (Å²) in [4.78, 5) is 9.11. The Morgan fingerprint density at radius 1 is 1.53 bits per heavy atom. The zero-order valence-electron chi connectivity index (χ0n) is 11.6. The Balaban J connectivity index is 2.05. The normalized spacial score (nSPS) is 19.9. The van der Waals surface area contributed by atoms with Gasteiger partial charge >= 0.3 is 0 Å². The fourth-order valence-corrected chi connectivity index (χ4v) is 3.22. The molecule has 0 aromatic carbocycles. The summed E-state index contributed by atoms with van der Waals surface area (Å²) >= 11 is 12.1. The summed E-state index contributed by atoms with van der Waals surface area (Å²) in [7, 11) is 2.06. The Morgan fingerprint density at radius 3 is 2.95 bits per heavy atom. The van der Waals surface area contributed by atoms with Gasteiger partial charge in [-0.25, -0.2) is 4.98 Å². The summed E-state index contributed by atoms with van der Waals surface area (Å²) in [6, 6.07) is 2.51. The zero-order valence-corrected chi connectivity index (χ0v) is 13.1. The van der Waals surface area contributed by atoms with Gasteiger partial charge in [-0.2, -0.15) is 0 Å². The van der Waals surface area contributed by atoms with Crippen molar-refractivity contribution in [2.24, 2.45) is 0 Å². The van der Waals surface area contributed by atoms with E-state index in [1.54, 1.807) is 6.20 Å². The fraction of sp³-hybridized carbons (Fsp3) is 0.643. The third-order valence-corrected chi connectivity index (χ3v) is 4.37. The van der Waals surface area contributed by atoms with Gasteiger partial charge in [0.1, 0.15) is 5.82 Å². The molecule has 19 heavy (non-hydrogen) atoms. The number of halogens is 2. The van der Waals surface area contributed by atoms with Crippen molar-refractivity contribution in [1.82, 2.24) is 9.88 Å². The second kappa shape index (κ2) is 6.78. The van der Waals surface area contributed by atoms with Crippen LogP contribution in [0.1, 0.15) is 25.3 Å². The molecule has 1 aliphatic rings. The van der Waals surface area contributed by atoms with Crippen molar-refractivity contribution in [2.45, 2.75) is 31.7 Å². The van der Waals surface area contributed by atoms with Gasteiger partial charge in [-0.3, -0.25) is 4.90 Å². The monoisotopic (exact) mass is 301 g/mol. The minimum atomic E-state index is 0.447. The molecule has 1 saturated heterocycles. The lowest BCUT2D eigenvalue weighted by Crippen LogP contribution is -2.39. The molecule has 1 aliphatic heterocycles. The first-order valence-electron chi connectivity index (χ1n) is 6.81. The van der Waals surface area contributed by atoms with Crippen LogP contribution in [0.4, 0.5) is 5.82 Å². The summed E-state index contributed by atoms with van der Waals surface area (Å²) in [5, 5.41) is 0.682. The highest BCUT2D eigenvalue weighted by Crippen LogP contribution is 2.26. The molecule has 2 rings (SSSR count). The second-order valence-electron chi connectivity index (χ2n) is 5.09. The van der Waals surface area contributed by atoms with Crippen LogP contribution in [-0.4, -0.2) is 42.6 Å². The van der Waals surface area contributed by atoms with Crippen molar-refractivity contribution < 1.29 is 0 Å². The molecule has 1 fully saturated rings. The molecular formula is C14H21Cl2N3. The average Bonchev–Trinajstić information content (AvgIpc) is 2.85. The molecule has 1 atom stereocenters. The maximum Gasteiger partial charge on any atom is 0.147 e. The SMILES string of the molecule is CCN1CCCC1CN(C)c1ncc(CCl)cc1Cl. The van der Waals surface area contributed by atoms with Crippen molar-refractivity contribution in [3.63, 3.8) is 0 Å². The van der Waals surface area contributed by atoms with Crippen LogP contribution >= 0.6 is 23.2 Å². The number of likely N-dealkylation sites (N-methyl/N-ethyl adjacent to an activating group) is 2. The molecule has 0 spiro atoms. The number of anilines is 1. The lowest BCUT2D eigenvalue weighted by molar-refractivity contribution is 0.270. The van der Waals surface area contributed by atoms with E-state index in [2.05, 4.69) is 28.8 Å². The first-order valence-corrected chi connectivity index (χ1v) is 7.72. The van der Waals surface area contributed by atoms with Crippen molar-refractivity contribution in [3.8, 4) is 0 Å². The molecule has 1 aromatic rings. The van der Waals surface area contributed by atoms with Gasteiger partial charge < -0.3 is 4.90 Å². The predicted octanol–water partition coefficient (Wildman–Crippen LogP) is 3.39. The van der Waals surface area contributed by atoms with Crippen molar-refractivity contribution in [2.75, 3.05) is 31.6 Å². The second-order valence-corrected chi connectivity index (χ2v) is 5.76. The van der Waals surface area contributed by atoms with Gasteiger partial charge in [0.2, 0.25) is 0 Å². The number of pyridine rings is 1. The number of hydrogen-bond donors (Lipinski definition) is 0. The number of hydrogen-bond acceptors (Lipinski definition) is 3. The van der Waals surface area contributed by atoms with Gasteiger partial charge in [0.15, 0.2) is 0 Å². The number of rotatable bonds is 5. The predicted molar refractivity (Wildman–Crippen MR) is 82.3 cm³/mol. The van der Waals surface area contributed by atoms with E-state index in [9.17, 15) is 0 Å². The van der Waals surface area contributed by atoms with Gasteiger partial charge in [-0.15, -0.1) is 11.6 Å². The third kappa shape index (κ3) is 3.53. The Labute approximate surface area is 125 Å². The van der Waals surface area contributed by atoms with Crippen LogP contribution < -0.4 is 4.90 Å². The fourth-order valence-electron chi connectivity index (χ4n) is 2.75. The Hall–Kier alpha value is -0.510. The average molecular weight is 302 g/mol. The summed E-state index contributed by atoms with van der Waals surface area (Å²) < 4.78 is 0. The lowest BCUT2D eigenvalue weighted by atomic mass is 10.2. The molecule has 2 heterocycles.